The number of imide groups is 6. The zero-order chi connectivity index (χ0) is 81.2. The summed E-state index contributed by atoms with van der Waals surface area (Å²) in [7, 11) is 0. The standard InChI is InChI=1S/C26H35N3O9.C22H27N3O9.C13H9FN2O4.C13H27NO5/c1-26(2,3)38-22(31)8-10-35-12-14-37-15-13-36-11-9-27-17-4-5-18-19(16-17)25(34)29(24(18)33)20-6-7-21(30)28-23(20)32;26-18-4-3-17(20(29)24-18)25-21(30)15-2-1-14(13-16(15)22(25)31)23-6-8-33-10-12-34-11-9-32-7-5-19(27)28;14-6-1-2-7-8(5-6)13(20)16(12(7)19)9-3-4-10(17)15-11(9)18;1-13(2,3)19-12(15)4-6-16-8-10-18-11-9-17-7-5-14/h4-5,16,20,27H,6-15H2,1-3H3,(H,28,30,32);1-2,13,17,23H,3-12H2,(H,27,28)(H,24,26,29);1-2,5,9H,3-4H2,(H,15,17,18);4-11,14H2,1-3H3. The molecule has 6 aliphatic rings. The van der Waals surface area contributed by atoms with Gasteiger partial charge < -0.3 is 73.6 Å². The van der Waals surface area contributed by atoms with E-state index in [0.29, 0.717) is 137 Å². The van der Waals surface area contributed by atoms with E-state index in [9.17, 15) is 76.3 Å². The number of carboxylic acids is 1. The third-order valence-corrected chi connectivity index (χ3v) is 16.1. The highest BCUT2D eigenvalue weighted by Gasteiger charge is 2.48. The molecule has 12 amide bonds. The zero-order valence-electron chi connectivity index (χ0n) is 63.0. The number of fused-ring (bicyclic) bond motifs is 3. The summed E-state index contributed by atoms with van der Waals surface area (Å²) in [4.78, 5) is 181. The van der Waals surface area contributed by atoms with Gasteiger partial charge in [-0.3, -0.25) is 103 Å². The number of benzene rings is 3. The first-order valence-electron chi connectivity index (χ1n) is 36.1. The number of nitrogens with zero attached hydrogens (tertiary/aromatic N) is 3. The monoisotopic (exact) mass is 1560 g/mol. The maximum absolute atomic E-state index is 13.2. The number of carboxylic acid groups (broad SMARTS) is 1. The van der Waals surface area contributed by atoms with Crippen molar-refractivity contribution in [3.05, 3.63) is 93.8 Å². The summed E-state index contributed by atoms with van der Waals surface area (Å²) in [6, 6.07) is 9.85. The van der Waals surface area contributed by atoms with Crippen molar-refractivity contribution in [2.24, 2.45) is 5.73 Å². The number of amides is 12. The molecule has 37 heteroatoms. The molecule has 3 aromatic rings. The molecule has 3 unspecified atom stereocenters. The number of nitrogens with two attached hydrogens (primary N) is 1. The molecule has 0 spiro atoms. The largest absolute Gasteiger partial charge is 0.481 e. The molecule has 0 aliphatic carbocycles. The Hall–Kier alpha value is -9.96. The molecular weight excluding hydrogens is 1470 g/mol. The first kappa shape index (κ1) is 89.9. The molecule has 3 aromatic carbocycles. The van der Waals surface area contributed by atoms with E-state index in [2.05, 4.69) is 26.6 Å². The number of hydrogen-bond acceptors (Lipinski definition) is 29. The van der Waals surface area contributed by atoms with Crippen molar-refractivity contribution in [2.45, 2.75) is 129 Å². The molecule has 3 fully saturated rings. The van der Waals surface area contributed by atoms with Crippen molar-refractivity contribution in [2.75, 3.05) is 149 Å². The van der Waals surface area contributed by atoms with Crippen LogP contribution in [0.3, 0.4) is 0 Å². The number of hydrogen-bond donors (Lipinski definition) is 7. The summed E-state index contributed by atoms with van der Waals surface area (Å²) in [6.45, 7) is 19.4. The van der Waals surface area contributed by atoms with Gasteiger partial charge in [0.1, 0.15) is 35.1 Å². The first-order chi connectivity index (χ1) is 52.9. The fourth-order valence-corrected chi connectivity index (χ4v) is 11.1. The Bertz CT molecular complexity index is 3810. The molecular formula is C74H98FN9O27. The van der Waals surface area contributed by atoms with Crippen molar-refractivity contribution in [1.82, 2.24) is 30.7 Å². The van der Waals surface area contributed by atoms with E-state index < -0.39 is 112 Å². The Balaban J connectivity index is 0.000000241. The van der Waals surface area contributed by atoms with Crippen LogP contribution in [-0.2, 0) is 95.3 Å². The SMILES string of the molecule is CC(C)(C)OC(=O)CCOCCOCCOCCN.CC(C)(C)OC(=O)CCOCCOCCOCCNc1ccc2c(c1)C(=O)N(C1CCC(=O)NC1=O)C2=O.O=C(O)CCOCCOCCOCCNc1ccc2c(c1)C(=O)N(C1CCC(=O)NC1=O)C2=O.O=C1CCC(N2C(=O)c3ccc(F)cc3C2=O)C(=O)N1. The molecule has 0 aromatic heterocycles. The van der Waals surface area contributed by atoms with Crippen LogP contribution in [0.25, 0.3) is 0 Å². The predicted octanol–water partition coefficient (Wildman–Crippen LogP) is 2.26. The molecule has 0 radical (unpaired) electrons. The molecule has 8 N–H and O–H groups in total. The molecule has 111 heavy (non-hydrogen) atoms. The minimum atomic E-state index is -1.02. The average Bonchev–Trinajstić information content (AvgIpc) is 1.63. The summed E-state index contributed by atoms with van der Waals surface area (Å²) in [5.74, 6) is -8.85. The highest BCUT2D eigenvalue weighted by Crippen LogP contribution is 2.32. The lowest BCUT2D eigenvalue weighted by Crippen LogP contribution is -2.54. The van der Waals surface area contributed by atoms with E-state index in [1.165, 1.54) is 12.1 Å². The van der Waals surface area contributed by atoms with E-state index in [0.717, 1.165) is 26.8 Å². The van der Waals surface area contributed by atoms with Gasteiger partial charge in [-0.1, -0.05) is 0 Å². The van der Waals surface area contributed by atoms with Gasteiger partial charge in [-0.2, -0.15) is 0 Å². The molecule has 9 rings (SSSR count). The number of nitrogens with one attached hydrogen (secondary N) is 5. The van der Waals surface area contributed by atoms with Crippen molar-refractivity contribution >= 4 is 100 Å². The van der Waals surface area contributed by atoms with Gasteiger partial charge in [0.2, 0.25) is 35.4 Å². The van der Waals surface area contributed by atoms with Crippen LogP contribution in [0.1, 0.15) is 161 Å². The number of rotatable bonds is 40. The number of ether oxygens (including phenoxy) is 11. The van der Waals surface area contributed by atoms with Gasteiger partial charge >= 0.3 is 17.9 Å². The third kappa shape index (κ3) is 29.7. The Morgan fingerprint density at radius 3 is 0.991 bits per heavy atom. The lowest BCUT2D eigenvalue weighted by molar-refractivity contribution is -0.157. The third-order valence-electron chi connectivity index (χ3n) is 16.1. The topological polar surface area (TPSA) is 474 Å². The average molecular weight is 1560 g/mol. The van der Waals surface area contributed by atoms with Crippen LogP contribution in [0.15, 0.2) is 54.6 Å². The van der Waals surface area contributed by atoms with Gasteiger partial charge in [-0.25, -0.2) is 4.39 Å². The summed E-state index contributed by atoms with van der Waals surface area (Å²) < 4.78 is 71.3. The van der Waals surface area contributed by atoms with Crippen LogP contribution in [0.5, 0.6) is 0 Å². The maximum Gasteiger partial charge on any atom is 0.308 e. The van der Waals surface area contributed by atoms with Gasteiger partial charge in [0.25, 0.3) is 35.4 Å². The van der Waals surface area contributed by atoms with Gasteiger partial charge in [0.15, 0.2) is 0 Å². The van der Waals surface area contributed by atoms with Crippen molar-refractivity contribution < 1.29 is 134 Å². The number of carbonyl (C=O) groups excluding carboxylic acids is 14. The summed E-state index contributed by atoms with van der Waals surface area (Å²) in [5.41, 5.74) is 6.48. The second-order valence-corrected chi connectivity index (χ2v) is 27.0. The molecule has 3 saturated heterocycles. The highest BCUT2D eigenvalue weighted by atomic mass is 19.1. The fourth-order valence-electron chi connectivity index (χ4n) is 11.1. The van der Waals surface area contributed by atoms with Gasteiger partial charge in [0, 0.05) is 50.3 Å². The van der Waals surface area contributed by atoms with Crippen LogP contribution >= 0.6 is 0 Å². The van der Waals surface area contributed by atoms with Crippen LogP contribution in [0.2, 0.25) is 0 Å². The van der Waals surface area contributed by atoms with Crippen LogP contribution in [-0.4, -0.2) is 276 Å². The molecule has 6 heterocycles. The lowest BCUT2D eigenvalue weighted by Gasteiger charge is -2.27. The molecule has 0 saturated carbocycles. The van der Waals surface area contributed by atoms with Gasteiger partial charge in [0.05, 0.1) is 172 Å². The number of halogens is 1. The number of piperidine rings is 3. The maximum atomic E-state index is 13.2. The Morgan fingerprint density at radius 1 is 0.405 bits per heavy atom. The second-order valence-electron chi connectivity index (χ2n) is 27.0. The van der Waals surface area contributed by atoms with Gasteiger partial charge in [-0.05, 0) is 115 Å². The molecule has 6 aliphatic heterocycles. The Morgan fingerprint density at radius 2 is 0.685 bits per heavy atom. The van der Waals surface area contributed by atoms with Crippen LogP contribution in [0, 0.1) is 5.82 Å². The second kappa shape index (κ2) is 45.4. The normalized spacial score (nSPS) is 17.3. The molecule has 36 nitrogen and oxygen atoms in total. The minimum Gasteiger partial charge on any atom is -0.481 e. The number of carbonyl (C=O) groups is 15. The summed E-state index contributed by atoms with van der Waals surface area (Å²) in [6.07, 6.45) is 0.924. The number of anilines is 2. The first-order valence-corrected chi connectivity index (χ1v) is 36.1. The zero-order valence-corrected chi connectivity index (χ0v) is 63.0. The Kier molecular flexibility index (Phi) is 36.8. The van der Waals surface area contributed by atoms with E-state index in [-0.39, 0.29) is 116 Å². The van der Waals surface area contributed by atoms with Crippen LogP contribution < -0.4 is 32.3 Å². The highest BCUT2D eigenvalue weighted by molar-refractivity contribution is 6.25. The molecule has 3 atom stereocenters. The minimum absolute atomic E-state index is 0.0388. The molecule has 608 valence electrons. The van der Waals surface area contributed by atoms with Crippen molar-refractivity contribution in [3.8, 4) is 0 Å². The number of esters is 2. The molecule has 0 bridgehead atoms. The van der Waals surface area contributed by atoms with E-state index in [4.69, 9.17) is 62.9 Å². The predicted molar refractivity (Wildman–Crippen MR) is 386 cm³/mol. The smallest absolute Gasteiger partial charge is 0.308 e. The quantitative estimate of drug-likeness (QED) is 0.0244. The van der Waals surface area contributed by atoms with Crippen LogP contribution in [0.4, 0.5) is 15.8 Å². The van der Waals surface area contributed by atoms with Crippen molar-refractivity contribution in [1.29, 1.82) is 0 Å². The number of aliphatic carboxylic acids is 1. The van der Waals surface area contributed by atoms with Crippen molar-refractivity contribution in [3.63, 3.8) is 0 Å². The lowest BCUT2D eigenvalue weighted by atomic mass is 10.0. The summed E-state index contributed by atoms with van der Waals surface area (Å²) >= 11 is 0. The fraction of sp³-hybridized carbons (Fsp3) is 0.554. The van der Waals surface area contributed by atoms with E-state index in [1.54, 1.807) is 30.3 Å². The van der Waals surface area contributed by atoms with E-state index in [1.807, 2.05) is 41.5 Å². The summed E-state index contributed by atoms with van der Waals surface area (Å²) in [5, 5.41) is 21.2. The van der Waals surface area contributed by atoms with Gasteiger partial charge in [-0.15, -0.1) is 0 Å². The van der Waals surface area contributed by atoms with E-state index >= 15 is 0 Å². The Labute approximate surface area is 639 Å².